The molecule has 1 aromatic rings. The second kappa shape index (κ2) is 3.06. The zero-order chi connectivity index (χ0) is 10.3. The average molecular weight is 194 g/mol. The van der Waals surface area contributed by atoms with E-state index in [0.29, 0.717) is 0 Å². The number of hydrogen-bond donors (Lipinski definition) is 1. The molecule has 74 valence electrons. The van der Waals surface area contributed by atoms with Gasteiger partial charge in [0.05, 0.1) is 6.04 Å². The molecule has 0 spiro atoms. The number of likely N-dealkylation sites (N-methyl/N-ethyl adjacent to an activating group) is 1. The van der Waals surface area contributed by atoms with Crippen LogP contribution in [0.15, 0.2) is 24.3 Å². The molecule has 3 nitrogen and oxygen atoms in total. The summed E-state index contributed by atoms with van der Waals surface area (Å²) in [7, 11) is 1.69. The van der Waals surface area contributed by atoms with E-state index in [1.807, 2.05) is 0 Å². The fraction of sp³-hybridized carbons (Fsp3) is 0.300. The van der Waals surface area contributed by atoms with Crippen molar-refractivity contribution in [1.82, 2.24) is 4.90 Å². The number of β-lactam (4-membered cyclic amide) rings is 1. The Balaban J connectivity index is 2.24. The molecule has 1 aromatic carbocycles. The number of amides is 1. The predicted octanol–water partition coefficient (Wildman–Crippen LogP) is 0.666. The lowest BCUT2D eigenvalue weighted by atomic mass is 9.90. The van der Waals surface area contributed by atoms with Crippen LogP contribution in [0.3, 0.4) is 0 Å². The SMILES string of the molecule is CN1C(=O)[C@@H](N)[C@@H]1c1ccc(F)cc1. The second-order valence-electron chi connectivity index (χ2n) is 3.47. The summed E-state index contributed by atoms with van der Waals surface area (Å²) in [5.74, 6) is -0.352. The molecule has 0 aromatic heterocycles. The van der Waals surface area contributed by atoms with Gasteiger partial charge in [-0.2, -0.15) is 0 Å². The molecule has 1 aliphatic rings. The van der Waals surface area contributed by atoms with Gasteiger partial charge in [0.25, 0.3) is 0 Å². The van der Waals surface area contributed by atoms with Crippen LogP contribution in [0.2, 0.25) is 0 Å². The maximum Gasteiger partial charge on any atom is 0.242 e. The molecule has 1 saturated heterocycles. The molecule has 0 radical (unpaired) electrons. The van der Waals surface area contributed by atoms with Crippen molar-refractivity contribution in [3.05, 3.63) is 35.6 Å². The molecule has 1 amide bonds. The minimum atomic E-state index is -0.481. The number of hydrogen-bond acceptors (Lipinski definition) is 2. The van der Waals surface area contributed by atoms with Gasteiger partial charge in [0, 0.05) is 7.05 Å². The van der Waals surface area contributed by atoms with Crippen LogP contribution >= 0.6 is 0 Å². The molecule has 1 aliphatic heterocycles. The highest BCUT2D eigenvalue weighted by atomic mass is 19.1. The van der Waals surface area contributed by atoms with Crippen LogP contribution < -0.4 is 5.73 Å². The van der Waals surface area contributed by atoms with Crippen molar-refractivity contribution in [3.8, 4) is 0 Å². The zero-order valence-corrected chi connectivity index (χ0v) is 7.77. The Labute approximate surface area is 81.3 Å². The average Bonchev–Trinajstić information content (AvgIpc) is 2.21. The van der Waals surface area contributed by atoms with Crippen molar-refractivity contribution < 1.29 is 9.18 Å². The van der Waals surface area contributed by atoms with Gasteiger partial charge in [-0.3, -0.25) is 4.79 Å². The molecule has 2 atom stereocenters. The molecule has 2 rings (SSSR count). The van der Waals surface area contributed by atoms with Gasteiger partial charge in [0.15, 0.2) is 0 Å². The molecule has 4 heteroatoms. The lowest BCUT2D eigenvalue weighted by Gasteiger charge is -2.43. The van der Waals surface area contributed by atoms with E-state index in [1.165, 1.54) is 12.1 Å². The standard InChI is InChI=1S/C10H11FN2O/c1-13-9(8(12)10(13)14)6-2-4-7(11)5-3-6/h2-5,8-9H,12H2,1H3/t8-,9-/m0/s1. The van der Waals surface area contributed by atoms with E-state index in [2.05, 4.69) is 0 Å². The van der Waals surface area contributed by atoms with E-state index in [0.717, 1.165) is 5.56 Å². The summed E-state index contributed by atoms with van der Waals surface area (Å²) >= 11 is 0. The zero-order valence-electron chi connectivity index (χ0n) is 7.77. The number of carbonyl (C=O) groups excluding carboxylic acids is 1. The Kier molecular flexibility index (Phi) is 2.00. The van der Waals surface area contributed by atoms with Crippen molar-refractivity contribution in [2.24, 2.45) is 5.73 Å². The Morgan fingerprint density at radius 2 is 1.93 bits per heavy atom. The molecular formula is C10H11FN2O. The van der Waals surface area contributed by atoms with Gasteiger partial charge in [-0.05, 0) is 17.7 Å². The minimum absolute atomic E-state index is 0.0701. The number of nitrogens with zero attached hydrogens (tertiary/aromatic N) is 1. The quantitative estimate of drug-likeness (QED) is 0.668. The van der Waals surface area contributed by atoms with Gasteiger partial charge < -0.3 is 10.6 Å². The van der Waals surface area contributed by atoms with Crippen molar-refractivity contribution >= 4 is 5.91 Å². The van der Waals surface area contributed by atoms with E-state index in [1.54, 1.807) is 24.1 Å². The van der Waals surface area contributed by atoms with Gasteiger partial charge in [-0.15, -0.1) is 0 Å². The van der Waals surface area contributed by atoms with Gasteiger partial charge in [0.2, 0.25) is 5.91 Å². The first-order chi connectivity index (χ1) is 6.61. The number of benzene rings is 1. The van der Waals surface area contributed by atoms with E-state index in [-0.39, 0.29) is 17.8 Å². The molecule has 0 saturated carbocycles. The van der Waals surface area contributed by atoms with E-state index >= 15 is 0 Å². The second-order valence-corrected chi connectivity index (χ2v) is 3.47. The van der Waals surface area contributed by atoms with Crippen LogP contribution in [0.5, 0.6) is 0 Å². The van der Waals surface area contributed by atoms with Crippen LogP contribution in [-0.2, 0) is 4.79 Å². The summed E-state index contributed by atoms with van der Waals surface area (Å²) in [6.07, 6.45) is 0. The van der Waals surface area contributed by atoms with Crippen molar-refractivity contribution in [1.29, 1.82) is 0 Å². The third kappa shape index (κ3) is 1.19. The van der Waals surface area contributed by atoms with Crippen LogP contribution in [0.4, 0.5) is 4.39 Å². The Morgan fingerprint density at radius 3 is 2.43 bits per heavy atom. The molecule has 0 bridgehead atoms. The lowest BCUT2D eigenvalue weighted by Crippen LogP contribution is -2.61. The fourth-order valence-electron chi connectivity index (χ4n) is 1.76. The van der Waals surface area contributed by atoms with Crippen molar-refractivity contribution in [3.63, 3.8) is 0 Å². The van der Waals surface area contributed by atoms with E-state index in [4.69, 9.17) is 5.73 Å². The maximum absolute atomic E-state index is 12.6. The summed E-state index contributed by atoms with van der Waals surface area (Å²) in [6.45, 7) is 0. The number of likely N-dealkylation sites (tertiary alicyclic amines) is 1. The highest BCUT2D eigenvalue weighted by molar-refractivity contribution is 5.89. The van der Waals surface area contributed by atoms with Gasteiger partial charge in [0.1, 0.15) is 11.9 Å². The van der Waals surface area contributed by atoms with Gasteiger partial charge in [-0.1, -0.05) is 12.1 Å². The summed E-state index contributed by atoms with van der Waals surface area (Å²) in [5, 5.41) is 0. The molecule has 0 aliphatic carbocycles. The Hall–Kier alpha value is -1.42. The van der Waals surface area contributed by atoms with Crippen LogP contribution in [-0.4, -0.2) is 23.9 Å². The smallest absolute Gasteiger partial charge is 0.242 e. The maximum atomic E-state index is 12.6. The largest absolute Gasteiger partial charge is 0.335 e. The molecule has 1 fully saturated rings. The Morgan fingerprint density at radius 1 is 1.36 bits per heavy atom. The van der Waals surface area contributed by atoms with E-state index in [9.17, 15) is 9.18 Å². The number of carbonyl (C=O) groups is 1. The lowest BCUT2D eigenvalue weighted by molar-refractivity contribution is -0.147. The number of rotatable bonds is 1. The molecule has 1 heterocycles. The molecular weight excluding hydrogens is 183 g/mol. The van der Waals surface area contributed by atoms with Gasteiger partial charge in [-0.25, -0.2) is 4.39 Å². The highest BCUT2D eigenvalue weighted by Crippen LogP contribution is 2.31. The summed E-state index contributed by atoms with van der Waals surface area (Å²) in [6, 6.07) is 5.47. The topological polar surface area (TPSA) is 46.3 Å². The predicted molar refractivity (Wildman–Crippen MR) is 49.9 cm³/mol. The third-order valence-corrected chi connectivity index (χ3v) is 2.60. The summed E-state index contributed by atoms with van der Waals surface area (Å²) < 4.78 is 12.6. The first-order valence-corrected chi connectivity index (χ1v) is 4.39. The first-order valence-electron chi connectivity index (χ1n) is 4.39. The first kappa shape index (κ1) is 9.15. The minimum Gasteiger partial charge on any atom is -0.335 e. The van der Waals surface area contributed by atoms with Crippen molar-refractivity contribution in [2.45, 2.75) is 12.1 Å². The normalized spacial score (nSPS) is 26.2. The highest BCUT2D eigenvalue weighted by Gasteiger charge is 2.42. The third-order valence-electron chi connectivity index (χ3n) is 2.60. The summed E-state index contributed by atoms with van der Waals surface area (Å²) in [4.78, 5) is 12.7. The summed E-state index contributed by atoms with van der Waals surface area (Å²) in [5.41, 5.74) is 6.52. The molecule has 2 N–H and O–H groups in total. The van der Waals surface area contributed by atoms with Crippen LogP contribution in [0.1, 0.15) is 11.6 Å². The van der Waals surface area contributed by atoms with Crippen molar-refractivity contribution in [2.75, 3.05) is 7.05 Å². The van der Waals surface area contributed by atoms with Crippen LogP contribution in [0, 0.1) is 5.82 Å². The molecule has 0 unspecified atom stereocenters. The fourth-order valence-corrected chi connectivity index (χ4v) is 1.76. The monoisotopic (exact) mass is 194 g/mol. The van der Waals surface area contributed by atoms with Gasteiger partial charge >= 0.3 is 0 Å². The Bertz CT molecular complexity index is 351. The van der Waals surface area contributed by atoms with E-state index < -0.39 is 6.04 Å². The molecule has 14 heavy (non-hydrogen) atoms. The van der Waals surface area contributed by atoms with Crippen LogP contribution in [0.25, 0.3) is 0 Å². The number of nitrogens with two attached hydrogens (primary N) is 1. The number of halogens is 1.